The molecule has 0 aromatic heterocycles. The lowest BCUT2D eigenvalue weighted by atomic mass is 9.93. The molecule has 6 heteroatoms. The molecule has 6 nitrogen and oxygen atoms in total. The lowest BCUT2D eigenvalue weighted by molar-refractivity contribution is -0.0106. The zero-order valence-electron chi connectivity index (χ0n) is 17.5. The number of benzene rings is 1. The largest absolute Gasteiger partial charge is 0.490 e. The van der Waals surface area contributed by atoms with Gasteiger partial charge >= 0.3 is 0 Å². The van der Waals surface area contributed by atoms with E-state index >= 15 is 0 Å². The predicted molar refractivity (Wildman–Crippen MR) is 109 cm³/mol. The van der Waals surface area contributed by atoms with Crippen LogP contribution in [0.25, 0.3) is 0 Å². The van der Waals surface area contributed by atoms with Gasteiger partial charge in [0.05, 0.1) is 24.9 Å². The standard InChI is InChI=1S/C22H34N2O4/c1-4-5-8-24-9-7-17(20(15-24)26-3)14-23-22(25)18-12-16(2)13-19-21(18)28-11-6-10-27-19/h12-13,17,20H,4-11,14-15H2,1-3H3,(H,23,25)/t17-,20?/m0/s1. The summed E-state index contributed by atoms with van der Waals surface area (Å²) in [7, 11) is 1.77. The smallest absolute Gasteiger partial charge is 0.255 e. The molecule has 1 aromatic carbocycles. The summed E-state index contributed by atoms with van der Waals surface area (Å²) in [6.45, 7) is 9.12. The van der Waals surface area contributed by atoms with E-state index in [9.17, 15) is 4.79 Å². The highest BCUT2D eigenvalue weighted by molar-refractivity contribution is 5.98. The summed E-state index contributed by atoms with van der Waals surface area (Å²) >= 11 is 0. The van der Waals surface area contributed by atoms with Crippen LogP contribution in [-0.2, 0) is 4.74 Å². The Morgan fingerprint density at radius 3 is 2.93 bits per heavy atom. The van der Waals surface area contributed by atoms with E-state index in [0.29, 0.717) is 42.7 Å². The molecule has 0 spiro atoms. The lowest BCUT2D eigenvalue weighted by Crippen LogP contribution is -2.48. The summed E-state index contributed by atoms with van der Waals surface area (Å²) in [5.74, 6) is 1.46. The molecule has 28 heavy (non-hydrogen) atoms. The SMILES string of the molecule is CCCCN1CC[C@@H](CNC(=O)c2cc(C)cc3c2OCCCO3)C(OC)C1. The average Bonchev–Trinajstić information content (AvgIpc) is 2.95. The first-order valence-electron chi connectivity index (χ1n) is 10.6. The van der Waals surface area contributed by atoms with Gasteiger partial charge in [-0.05, 0) is 50.6 Å². The number of piperidine rings is 1. The number of carbonyl (C=O) groups is 1. The number of carbonyl (C=O) groups excluding carboxylic acids is 1. The number of hydrogen-bond acceptors (Lipinski definition) is 5. The number of rotatable bonds is 7. The Labute approximate surface area is 168 Å². The maximum absolute atomic E-state index is 12.9. The molecule has 3 rings (SSSR count). The summed E-state index contributed by atoms with van der Waals surface area (Å²) in [4.78, 5) is 15.4. The Morgan fingerprint density at radius 1 is 1.32 bits per heavy atom. The Morgan fingerprint density at radius 2 is 2.14 bits per heavy atom. The molecular weight excluding hydrogens is 356 g/mol. The number of nitrogens with one attached hydrogen (secondary N) is 1. The van der Waals surface area contributed by atoms with Crippen LogP contribution in [0.4, 0.5) is 0 Å². The van der Waals surface area contributed by atoms with E-state index in [1.807, 2.05) is 19.1 Å². The molecule has 1 saturated heterocycles. The number of likely N-dealkylation sites (tertiary alicyclic amines) is 1. The summed E-state index contributed by atoms with van der Waals surface area (Å²) in [6, 6.07) is 3.81. The summed E-state index contributed by atoms with van der Waals surface area (Å²) in [6.07, 6.45) is 4.44. The van der Waals surface area contributed by atoms with E-state index in [1.165, 1.54) is 12.8 Å². The van der Waals surface area contributed by atoms with E-state index in [-0.39, 0.29) is 12.0 Å². The second kappa shape index (κ2) is 10.1. The first-order valence-corrected chi connectivity index (χ1v) is 10.6. The van der Waals surface area contributed by atoms with Crippen molar-refractivity contribution in [3.05, 3.63) is 23.3 Å². The fourth-order valence-electron chi connectivity index (χ4n) is 4.01. The zero-order chi connectivity index (χ0) is 19.9. The van der Waals surface area contributed by atoms with Crippen LogP contribution in [0.2, 0.25) is 0 Å². The predicted octanol–water partition coefficient (Wildman–Crippen LogP) is 3.02. The number of methoxy groups -OCH3 is 1. The molecule has 2 atom stereocenters. The summed E-state index contributed by atoms with van der Waals surface area (Å²) in [5, 5.41) is 3.12. The highest BCUT2D eigenvalue weighted by Crippen LogP contribution is 2.34. The Bertz CT molecular complexity index is 664. The molecule has 1 fully saturated rings. The molecule has 1 amide bonds. The van der Waals surface area contributed by atoms with Gasteiger partial charge in [0.25, 0.3) is 5.91 Å². The van der Waals surface area contributed by atoms with Crippen molar-refractivity contribution in [1.82, 2.24) is 10.2 Å². The Hall–Kier alpha value is -1.79. The molecular formula is C22H34N2O4. The molecule has 0 radical (unpaired) electrons. The number of hydrogen-bond donors (Lipinski definition) is 1. The zero-order valence-corrected chi connectivity index (χ0v) is 17.5. The van der Waals surface area contributed by atoms with Crippen LogP contribution in [0.5, 0.6) is 11.5 Å². The molecule has 1 unspecified atom stereocenters. The summed E-state index contributed by atoms with van der Waals surface area (Å²) < 4.78 is 17.3. The van der Waals surface area contributed by atoms with Crippen molar-refractivity contribution < 1.29 is 19.0 Å². The first-order chi connectivity index (χ1) is 13.6. The van der Waals surface area contributed by atoms with Crippen LogP contribution in [0, 0.1) is 12.8 Å². The van der Waals surface area contributed by atoms with Crippen molar-refractivity contribution in [3.63, 3.8) is 0 Å². The molecule has 0 aliphatic carbocycles. The van der Waals surface area contributed by atoms with Gasteiger partial charge in [-0.2, -0.15) is 0 Å². The molecule has 0 saturated carbocycles. The third kappa shape index (κ3) is 5.17. The van der Waals surface area contributed by atoms with E-state index in [0.717, 1.165) is 38.0 Å². The van der Waals surface area contributed by atoms with Gasteiger partial charge in [-0.1, -0.05) is 13.3 Å². The molecule has 2 heterocycles. The number of fused-ring (bicyclic) bond motifs is 1. The number of aryl methyl sites for hydroxylation is 1. The Balaban J connectivity index is 1.62. The quantitative estimate of drug-likeness (QED) is 0.776. The second-order valence-corrected chi connectivity index (χ2v) is 7.88. The number of unbranched alkanes of at least 4 members (excludes halogenated alkanes) is 1. The molecule has 1 N–H and O–H groups in total. The van der Waals surface area contributed by atoms with Crippen molar-refractivity contribution in [2.45, 2.75) is 45.6 Å². The lowest BCUT2D eigenvalue weighted by Gasteiger charge is -2.37. The van der Waals surface area contributed by atoms with Gasteiger partial charge in [0, 0.05) is 32.5 Å². The molecule has 0 bridgehead atoms. The van der Waals surface area contributed by atoms with Gasteiger partial charge in [0.1, 0.15) is 0 Å². The van der Waals surface area contributed by atoms with Gasteiger partial charge in [-0.15, -0.1) is 0 Å². The van der Waals surface area contributed by atoms with Gasteiger partial charge in [0.15, 0.2) is 11.5 Å². The monoisotopic (exact) mass is 390 g/mol. The summed E-state index contributed by atoms with van der Waals surface area (Å²) in [5.41, 5.74) is 1.56. The molecule has 1 aromatic rings. The van der Waals surface area contributed by atoms with Crippen LogP contribution in [-0.4, -0.2) is 63.4 Å². The topological polar surface area (TPSA) is 60.0 Å². The van der Waals surface area contributed by atoms with Gasteiger partial charge in [-0.25, -0.2) is 0 Å². The third-order valence-electron chi connectivity index (χ3n) is 5.67. The molecule has 2 aliphatic heterocycles. The number of nitrogens with zero attached hydrogens (tertiary/aromatic N) is 1. The first kappa shape index (κ1) is 20.9. The van der Waals surface area contributed by atoms with E-state index < -0.39 is 0 Å². The van der Waals surface area contributed by atoms with Crippen molar-refractivity contribution in [3.8, 4) is 11.5 Å². The minimum Gasteiger partial charge on any atom is -0.490 e. The fraction of sp³-hybridized carbons (Fsp3) is 0.682. The number of amides is 1. The van der Waals surface area contributed by atoms with Crippen molar-refractivity contribution in [2.24, 2.45) is 5.92 Å². The maximum atomic E-state index is 12.9. The van der Waals surface area contributed by atoms with Crippen LogP contribution in [0.1, 0.15) is 48.5 Å². The second-order valence-electron chi connectivity index (χ2n) is 7.88. The molecule has 2 aliphatic rings. The average molecular weight is 391 g/mol. The van der Waals surface area contributed by atoms with E-state index in [4.69, 9.17) is 14.2 Å². The van der Waals surface area contributed by atoms with Crippen molar-refractivity contribution >= 4 is 5.91 Å². The minimum absolute atomic E-state index is 0.103. The Kier molecular flexibility index (Phi) is 7.57. The number of ether oxygens (including phenoxy) is 3. The highest BCUT2D eigenvalue weighted by Gasteiger charge is 2.30. The van der Waals surface area contributed by atoms with Crippen LogP contribution >= 0.6 is 0 Å². The van der Waals surface area contributed by atoms with Crippen molar-refractivity contribution in [2.75, 3.05) is 46.5 Å². The van der Waals surface area contributed by atoms with Gasteiger partial charge < -0.3 is 24.4 Å². The van der Waals surface area contributed by atoms with Gasteiger partial charge in [0.2, 0.25) is 0 Å². The maximum Gasteiger partial charge on any atom is 0.255 e. The minimum atomic E-state index is -0.103. The van der Waals surface area contributed by atoms with Gasteiger partial charge in [-0.3, -0.25) is 4.79 Å². The van der Waals surface area contributed by atoms with E-state index in [2.05, 4.69) is 17.1 Å². The van der Waals surface area contributed by atoms with E-state index in [1.54, 1.807) is 7.11 Å². The van der Waals surface area contributed by atoms with Crippen LogP contribution in [0.15, 0.2) is 12.1 Å². The third-order valence-corrected chi connectivity index (χ3v) is 5.67. The highest BCUT2D eigenvalue weighted by atomic mass is 16.5. The molecule has 156 valence electrons. The fourth-order valence-corrected chi connectivity index (χ4v) is 4.01. The van der Waals surface area contributed by atoms with Crippen molar-refractivity contribution in [1.29, 1.82) is 0 Å². The van der Waals surface area contributed by atoms with Crippen LogP contribution in [0.3, 0.4) is 0 Å². The normalized spacial score (nSPS) is 22.5. The van der Waals surface area contributed by atoms with Crippen LogP contribution < -0.4 is 14.8 Å².